The summed E-state index contributed by atoms with van der Waals surface area (Å²) >= 11 is 0. The molecule has 0 unspecified atom stereocenters. The van der Waals surface area contributed by atoms with Crippen LogP contribution in [0.5, 0.6) is 11.5 Å². The van der Waals surface area contributed by atoms with Gasteiger partial charge in [-0.2, -0.15) is 0 Å². The minimum atomic E-state index is 0.0111. The summed E-state index contributed by atoms with van der Waals surface area (Å²) in [4.78, 5) is 16.0. The van der Waals surface area contributed by atoms with E-state index in [1.807, 2.05) is 20.8 Å². The topological polar surface area (TPSA) is 51.3 Å². The molecule has 0 saturated heterocycles. The number of benzene rings is 1. The largest absolute Gasteiger partial charge is 0.496 e. The van der Waals surface area contributed by atoms with E-state index in [1.165, 1.54) is 0 Å². The van der Waals surface area contributed by atoms with Gasteiger partial charge in [-0.25, -0.2) is 0 Å². The van der Waals surface area contributed by atoms with Gasteiger partial charge in [-0.15, -0.1) is 0 Å². The normalized spacial score (nSPS) is 11.1. The van der Waals surface area contributed by atoms with Crippen LogP contribution in [0, 0.1) is 6.92 Å². The van der Waals surface area contributed by atoms with Gasteiger partial charge < -0.3 is 14.5 Å². The minimum absolute atomic E-state index is 0.0111. The Kier molecular flexibility index (Phi) is 3.51. The van der Waals surface area contributed by atoms with Gasteiger partial charge in [-0.3, -0.25) is 4.79 Å². The monoisotopic (exact) mass is 261 g/mol. The average molecular weight is 261 g/mol. The number of hydrogen-bond donors (Lipinski definition) is 1. The zero-order valence-electron chi connectivity index (χ0n) is 12.0. The Balaban J connectivity index is 2.99. The van der Waals surface area contributed by atoms with Crippen molar-refractivity contribution in [2.24, 2.45) is 0 Å². The van der Waals surface area contributed by atoms with E-state index in [4.69, 9.17) is 9.47 Å². The van der Waals surface area contributed by atoms with Gasteiger partial charge in [0.2, 0.25) is 0 Å². The van der Waals surface area contributed by atoms with Crippen LogP contribution in [0.15, 0.2) is 16.9 Å². The molecule has 1 N–H and O–H groups in total. The summed E-state index contributed by atoms with van der Waals surface area (Å²) in [5, 5.41) is 0.552. The van der Waals surface area contributed by atoms with E-state index in [0.717, 1.165) is 11.3 Å². The first-order valence-electron chi connectivity index (χ1n) is 6.28. The molecule has 0 atom stereocenters. The van der Waals surface area contributed by atoms with Crippen LogP contribution in [0.4, 0.5) is 0 Å². The van der Waals surface area contributed by atoms with Gasteiger partial charge in [0.05, 0.1) is 25.1 Å². The fourth-order valence-electron chi connectivity index (χ4n) is 2.51. The van der Waals surface area contributed by atoms with Crippen molar-refractivity contribution in [3.63, 3.8) is 0 Å². The molecular weight excluding hydrogens is 242 g/mol. The first-order chi connectivity index (χ1) is 9.01. The fourth-order valence-corrected chi connectivity index (χ4v) is 2.51. The number of H-pyrrole nitrogens is 1. The molecule has 102 valence electrons. The second-order valence-electron chi connectivity index (χ2n) is 4.87. The van der Waals surface area contributed by atoms with E-state index in [9.17, 15) is 4.79 Å². The second kappa shape index (κ2) is 4.96. The van der Waals surface area contributed by atoms with Crippen LogP contribution in [-0.4, -0.2) is 19.2 Å². The highest BCUT2D eigenvalue weighted by atomic mass is 16.5. The van der Waals surface area contributed by atoms with E-state index in [-0.39, 0.29) is 11.3 Å². The van der Waals surface area contributed by atoms with Crippen LogP contribution < -0.4 is 14.9 Å². The molecule has 1 heterocycles. The van der Waals surface area contributed by atoms with Crippen LogP contribution in [0.25, 0.3) is 10.9 Å². The van der Waals surface area contributed by atoms with Gasteiger partial charge in [-0.05, 0) is 25.0 Å². The fraction of sp³-hybridized carbons (Fsp3) is 0.400. The molecule has 1 aromatic carbocycles. The molecule has 4 heteroatoms. The third-order valence-electron chi connectivity index (χ3n) is 3.33. The van der Waals surface area contributed by atoms with Crippen LogP contribution >= 0.6 is 0 Å². The van der Waals surface area contributed by atoms with Crippen molar-refractivity contribution in [1.82, 2.24) is 4.98 Å². The molecule has 0 radical (unpaired) electrons. The van der Waals surface area contributed by atoms with Crippen molar-refractivity contribution in [3.05, 3.63) is 33.6 Å². The summed E-state index contributed by atoms with van der Waals surface area (Å²) in [6.07, 6.45) is 0. The molecule has 2 rings (SSSR count). The van der Waals surface area contributed by atoms with Gasteiger partial charge in [0.25, 0.3) is 0 Å². The summed E-state index contributed by atoms with van der Waals surface area (Å²) in [6.45, 7) is 5.93. The van der Waals surface area contributed by atoms with Gasteiger partial charge in [0.1, 0.15) is 11.5 Å². The van der Waals surface area contributed by atoms with E-state index in [1.54, 1.807) is 26.4 Å². The third kappa shape index (κ3) is 2.07. The van der Waals surface area contributed by atoms with E-state index in [0.29, 0.717) is 22.4 Å². The predicted octanol–water partition coefficient (Wildman–Crippen LogP) is 2.98. The highest BCUT2D eigenvalue weighted by molar-refractivity contribution is 5.90. The number of fused-ring (bicyclic) bond motifs is 1. The smallest absolute Gasteiger partial charge is 0.196 e. The van der Waals surface area contributed by atoms with E-state index < -0.39 is 0 Å². The maximum absolute atomic E-state index is 12.7. The number of methoxy groups -OCH3 is 2. The van der Waals surface area contributed by atoms with Crippen LogP contribution in [-0.2, 0) is 0 Å². The van der Waals surface area contributed by atoms with Crippen molar-refractivity contribution >= 4 is 10.9 Å². The standard InChI is InChI=1S/C15H19NO3/c1-8(2)12-9(3)16-14-11(19-5)7-6-10(18-4)13(14)15(12)17/h6-8H,1-5H3,(H,16,17). The van der Waals surface area contributed by atoms with Gasteiger partial charge in [0.15, 0.2) is 5.43 Å². The Morgan fingerprint density at radius 2 is 1.68 bits per heavy atom. The first-order valence-corrected chi connectivity index (χ1v) is 6.28. The minimum Gasteiger partial charge on any atom is -0.496 e. The molecule has 4 nitrogen and oxygen atoms in total. The maximum atomic E-state index is 12.7. The van der Waals surface area contributed by atoms with Gasteiger partial charge in [0, 0.05) is 11.3 Å². The molecular formula is C15H19NO3. The Hall–Kier alpha value is -1.97. The maximum Gasteiger partial charge on any atom is 0.196 e. The van der Waals surface area contributed by atoms with E-state index >= 15 is 0 Å². The molecule has 2 aromatic rings. The SMILES string of the molecule is COc1ccc(OC)c2c(=O)c(C(C)C)c(C)[nH]c12. The Labute approximate surface area is 112 Å². The van der Waals surface area contributed by atoms with Crippen molar-refractivity contribution in [2.75, 3.05) is 14.2 Å². The summed E-state index contributed by atoms with van der Waals surface area (Å²) in [5.41, 5.74) is 2.36. The van der Waals surface area contributed by atoms with Crippen molar-refractivity contribution in [2.45, 2.75) is 26.7 Å². The molecule has 0 spiro atoms. The zero-order valence-corrected chi connectivity index (χ0v) is 12.0. The number of aryl methyl sites for hydroxylation is 1. The highest BCUT2D eigenvalue weighted by Crippen LogP contribution is 2.31. The molecule has 0 aliphatic rings. The Morgan fingerprint density at radius 1 is 1.11 bits per heavy atom. The van der Waals surface area contributed by atoms with Crippen LogP contribution in [0.2, 0.25) is 0 Å². The van der Waals surface area contributed by atoms with E-state index in [2.05, 4.69) is 4.98 Å². The molecule has 19 heavy (non-hydrogen) atoms. The molecule has 0 fully saturated rings. The highest BCUT2D eigenvalue weighted by Gasteiger charge is 2.17. The summed E-state index contributed by atoms with van der Waals surface area (Å²) in [5.74, 6) is 1.37. The lowest BCUT2D eigenvalue weighted by molar-refractivity contribution is 0.409. The van der Waals surface area contributed by atoms with Gasteiger partial charge in [-0.1, -0.05) is 13.8 Å². The number of hydrogen-bond acceptors (Lipinski definition) is 3. The molecule has 1 aromatic heterocycles. The van der Waals surface area contributed by atoms with Crippen LogP contribution in [0.3, 0.4) is 0 Å². The molecule has 0 aliphatic heterocycles. The first kappa shape index (κ1) is 13.5. The molecule has 0 aliphatic carbocycles. The molecule has 0 amide bonds. The molecule has 0 bridgehead atoms. The van der Waals surface area contributed by atoms with Gasteiger partial charge >= 0.3 is 0 Å². The summed E-state index contributed by atoms with van der Waals surface area (Å²) < 4.78 is 10.6. The lowest BCUT2D eigenvalue weighted by atomic mass is 9.98. The quantitative estimate of drug-likeness (QED) is 0.924. The zero-order chi connectivity index (χ0) is 14.2. The number of rotatable bonds is 3. The third-order valence-corrected chi connectivity index (χ3v) is 3.33. The number of pyridine rings is 1. The number of aromatic amines is 1. The van der Waals surface area contributed by atoms with Crippen LogP contribution in [0.1, 0.15) is 31.0 Å². The lowest BCUT2D eigenvalue weighted by Crippen LogP contribution is -2.15. The summed E-state index contributed by atoms with van der Waals surface area (Å²) in [6, 6.07) is 3.56. The summed E-state index contributed by atoms with van der Waals surface area (Å²) in [7, 11) is 3.15. The average Bonchev–Trinajstić information content (AvgIpc) is 2.36. The number of aromatic nitrogens is 1. The number of nitrogens with one attached hydrogen (secondary N) is 1. The van der Waals surface area contributed by atoms with Crippen molar-refractivity contribution in [1.29, 1.82) is 0 Å². The Morgan fingerprint density at radius 3 is 2.21 bits per heavy atom. The molecule has 0 saturated carbocycles. The second-order valence-corrected chi connectivity index (χ2v) is 4.87. The Bertz CT molecular complexity index is 671. The van der Waals surface area contributed by atoms with Crippen molar-refractivity contribution in [3.8, 4) is 11.5 Å². The van der Waals surface area contributed by atoms with Crippen molar-refractivity contribution < 1.29 is 9.47 Å². The predicted molar refractivity (Wildman–Crippen MR) is 76.5 cm³/mol. The lowest BCUT2D eigenvalue weighted by Gasteiger charge is -2.14. The number of ether oxygens (including phenoxy) is 2.